The fourth-order valence-electron chi connectivity index (χ4n) is 3.72. The molecule has 0 radical (unpaired) electrons. The second-order valence-electron chi connectivity index (χ2n) is 6.82. The highest BCUT2D eigenvalue weighted by Gasteiger charge is 2.29. The fraction of sp³-hybridized carbons (Fsp3) is 0.579. The fourth-order valence-corrected chi connectivity index (χ4v) is 3.72. The number of rotatable bonds is 5. The summed E-state index contributed by atoms with van der Waals surface area (Å²) in [6.07, 6.45) is 4.58. The molecular weight excluding hydrogens is 302 g/mol. The van der Waals surface area contributed by atoms with Gasteiger partial charge in [0.05, 0.1) is 0 Å². The smallest absolute Gasteiger partial charge is 0.242 e. The number of carbonyl (C=O) groups is 2. The van der Waals surface area contributed by atoms with Gasteiger partial charge in [-0.2, -0.15) is 0 Å². The monoisotopic (exact) mass is 329 g/mol. The first kappa shape index (κ1) is 17.0. The molecule has 3 rings (SSSR count). The predicted molar refractivity (Wildman–Crippen MR) is 95.0 cm³/mol. The topological polar surface area (TPSA) is 52.7 Å². The average Bonchev–Trinajstić information content (AvgIpc) is 2.62. The van der Waals surface area contributed by atoms with Crippen LogP contribution in [0.15, 0.2) is 24.3 Å². The molecular formula is C19H27N3O2. The van der Waals surface area contributed by atoms with Crippen molar-refractivity contribution in [3.05, 3.63) is 29.8 Å². The van der Waals surface area contributed by atoms with Gasteiger partial charge < -0.3 is 15.1 Å². The van der Waals surface area contributed by atoms with E-state index in [4.69, 9.17) is 0 Å². The Morgan fingerprint density at radius 2 is 1.96 bits per heavy atom. The molecule has 2 heterocycles. The van der Waals surface area contributed by atoms with Crippen molar-refractivity contribution in [2.75, 3.05) is 38.1 Å². The van der Waals surface area contributed by atoms with Gasteiger partial charge in [-0.05, 0) is 56.8 Å². The predicted octanol–water partition coefficient (Wildman–Crippen LogP) is 1.81. The molecule has 0 aliphatic carbocycles. The standard InChI is InChI=1S/C19H27N3O2/c1-20-11-8-15-9-12-21(13-10-15)19(24)14-22-17-5-3-2-4-16(17)6-7-18(22)23/h2-5,15,20H,6-14H2,1H3. The summed E-state index contributed by atoms with van der Waals surface area (Å²) < 4.78 is 0. The van der Waals surface area contributed by atoms with E-state index in [9.17, 15) is 9.59 Å². The van der Waals surface area contributed by atoms with Gasteiger partial charge in [-0.3, -0.25) is 9.59 Å². The zero-order chi connectivity index (χ0) is 16.9. The molecule has 0 unspecified atom stereocenters. The minimum absolute atomic E-state index is 0.0611. The quantitative estimate of drug-likeness (QED) is 0.896. The van der Waals surface area contributed by atoms with Gasteiger partial charge in [-0.15, -0.1) is 0 Å². The van der Waals surface area contributed by atoms with E-state index in [-0.39, 0.29) is 18.4 Å². The summed E-state index contributed by atoms with van der Waals surface area (Å²) in [6.45, 7) is 2.85. The maximum Gasteiger partial charge on any atom is 0.242 e. The van der Waals surface area contributed by atoms with Crippen LogP contribution < -0.4 is 10.2 Å². The number of para-hydroxylation sites is 1. The minimum Gasteiger partial charge on any atom is -0.341 e. The molecule has 1 N–H and O–H groups in total. The van der Waals surface area contributed by atoms with Crippen LogP contribution in [0.5, 0.6) is 0 Å². The van der Waals surface area contributed by atoms with E-state index in [0.29, 0.717) is 12.3 Å². The number of likely N-dealkylation sites (tertiary alicyclic amines) is 1. The first-order chi connectivity index (χ1) is 11.7. The Morgan fingerprint density at radius 1 is 1.21 bits per heavy atom. The third kappa shape index (κ3) is 3.78. The van der Waals surface area contributed by atoms with E-state index in [0.717, 1.165) is 50.1 Å². The Labute approximate surface area is 144 Å². The van der Waals surface area contributed by atoms with Crippen LogP contribution in [0.25, 0.3) is 0 Å². The lowest BCUT2D eigenvalue weighted by molar-refractivity contribution is -0.132. The van der Waals surface area contributed by atoms with Gasteiger partial charge in [0.1, 0.15) is 6.54 Å². The highest BCUT2D eigenvalue weighted by atomic mass is 16.2. The van der Waals surface area contributed by atoms with Gasteiger partial charge in [-0.25, -0.2) is 0 Å². The SMILES string of the molecule is CNCCC1CCN(C(=O)CN2C(=O)CCc3ccccc32)CC1. The summed E-state index contributed by atoms with van der Waals surface area (Å²) in [6, 6.07) is 7.92. The lowest BCUT2D eigenvalue weighted by atomic mass is 9.93. The molecule has 0 aromatic heterocycles. The largest absolute Gasteiger partial charge is 0.341 e. The molecule has 1 aromatic rings. The number of nitrogens with zero attached hydrogens (tertiary/aromatic N) is 2. The number of piperidine rings is 1. The Hall–Kier alpha value is -1.88. The third-order valence-electron chi connectivity index (χ3n) is 5.25. The van der Waals surface area contributed by atoms with Crippen LogP contribution in [0.3, 0.4) is 0 Å². The molecule has 1 aromatic carbocycles. The average molecular weight is 329 g/mol. The molecule has 0 spiro atoms. The van der Waals surface area contributed by atoms with Crippen molar-refractivity contribution < 1.29 is 9.59 Å². The zero-order valence-electron chi connectivity index (χ0n) is 14.5. The summed E-state index contributed by atoms with van der Waals surface area (Å²) in [5, 5.41) is 3.19. The number of hydrogen-bond donors (Lipinski definition) is 1. The van der Waals surface area contributed by atoms with Crippen molar-refractivity contribution in [1.29, 1.82) is 0 Å². The lowest BCUT2D eigenvalue weighted by Gasteiger charge is -2.35. The van der Waals surface area contributed by atoms with Gasteiger partial charge in [0.25, 0.3) is 0 Å². The first-order valence-corrected chi connectivity index (χ1v) is 8.99. The molecule has 2 aliphatic rings. The van der Waals surface area contributed by atoms with Crippen LogP contribution in [0.4, 0.5) is 5.69 Å². The number of hydrogen-bond acceptors (Lipinski definition) is 3. The zero-order valence-corrected chi connectivity index (χ0v) is 14.5. The number of anilines is 1. The summed E-state index contributed by atoms with van der Waals surface area (Å²) in [5.41, 5.74) is 2.07. The molecule has 0 atom stereocenters. The van der Waals surface area contributed by atoms with Crippen LogP contribution in [0, 0.1) is 5.92 Å². The highest BCUT2D eigenvalue weighted by Crippen LogP contribution is 2.28. The molecule has 1 saturated heterocycles. The first-order valence-electron chi connectivity index (χ1n) is 8.99. The van der Waals surface area contributed by atoms with Crippen molar-refractivity contribution >= 4 is 17.5 Å². The van der Waals surface area contributed by atoms with Crippen LogP contribution >= 0.6 is 0 Å². The van der Waals surface area contributed by atoms with Gasteiger partial charge in [-0.1, -0.05) is 18.2 Å². The molecule has 1 fully saturated rings. The number of nitrogens with one attached hydrogen (secondary N) is 1. The molecule has 2 aliphatic heterocycles. The molecule has 5 nitrogen and oxygen atoms in total. The Balaban J connectivity index is 1.58. The van der Waals surface area contributed by atoms with Crippen LogP contribution in [0.1, 0.15) is 31.2 Å². The van der Waals surface area contributed by atoms with Crippen molar-refractivity contribution in [1.82, 2.24) is 10.2 Å². The van der Waals surface area contributed by atoms with E-state index in [1.165, 1.54) is 6.42 Å². The van der Waals surface area contributed by atoms with Crippen molar-refractivity contribution in [3.8, 4) is 0 Å². The van der Waals surface area contributed by atoms with Crippen LogP contribution in [-0.2, 0) is 16.0 Å². The lowest BCUT2D eigenvalue weighted by Crippen LogP contribution is -2.47. The second kappa shape index (κ2) is 7.79. The molecule has 0 saturated carbocycles. The third-order valence-corrected chi connectivity index (χ3v) is 5.25. The van der Waals surface area contributed by atoms with Gasteiger partial charge in [0, 0.05) is 25.2 Å². The van der Waals surface area contributed by atoms with Gasteiger partial charge in [0.2, 0.25) is 11.8 Å². The van der Waals surface area contributed by atoms with Gasteiger partial charge in [0.15, 0.2) is 0 Å². The maximum absolute atomic E-state index is 12.7. The van der Waals surface area contributed by atoms with Crippen LogP contribution in [0.2, 0.25) is 0 Å². The maximum atomic E-state index is 12.7. The summed E-state index contributed by atoms with van der Waals surface area (Å²) >= 11 is 0. The van der Waals surface area contributed by atoms with Crippen molar-refractivity contribution in [2.24, 2.45) is 5.92 Å². The second-order valence-corrected chi connectivity index (χ2v) is 6.82. The Bertz CT molecular complexity index is 594. The van der Waals surface area contributed by atoms with Crippen molar-refractivity contribution in [2.45, 2.75) is 32.1 Å². The van der Waals surface area contributed by atoms with E-state index >= 15 is 0 Å². The summed E-state index contributed by atoms with van der Waals surface area (Å²) in [7, 11) is 1.98. The van der Waals surface area contributed by atoms with E-state index < -0.39 is 0 Å². The molecule has 130 valence electrons. The molecule has 0 bridgehead atoms. The number of amides is 2. The van der Waals surface area contributed by atoms with E-state index in [2.05, 4.69) is 5.32 Å². The number of carbonyl (C=O) groups excluding carboxylic acids is 2. The van der Waals surface area contributed by atoms with E-state index in [1.54, 1.807) is 4.90 Å². The summed E-state index contributed by atoms with van der Waals surface area (Å²) in [4.78, 5) is 28.6. The van der Waals surface area contributed by atoms with Crippen LogP contribution in [-0.4, -0.2) is 49.9 Å². The number of benzene rings is 1. The van der Waals surface area contributed by atoms with E-state index in [1.807, 2.05) is 36.2 Å². The molecule has 5 heteroatoms. The van der Waals surface area contributed by atoms with Gasteiger partial charge >= 0.3 is 0 Å². The highest BCUT2D eigenvalue weighted by molar-refractivity contribution is 6.01. The molecule has 24 heavy (non-hydrogen) atoms. The number of aryl methyl sites for hydroxylation is 1. The Morgan fingerprint density at radius 3 is 2.71 bits per heavy atom. The normalized spacial score (nSPS) is 18.6. The van der Waals surface area contributed by atoms with Crippen molar-refractivity contribution in [3.63, 3.8) is 0 Å². The Kier molecular flexibility index (Phi) is 5.51. The summed E-state index contributed by atoms with van der Waals surface area (Å²) in [5.74, 6) is 0.844. The minimum atomic E-state index is 0.0611. The number of fused-ring (bicyclic) bond motifs is 1. The molecule has 2 amide bonds.